The van der Waals surface area contributed by atoms with Crippen molar-refractivity contribution < 1.29 is 18.0 Å². The summed E-state index contributed by atoms with van der Waals surface area (Å²) in [6, 6.07) is 6.51. The number of carbonyl (C=O) groups excluding carboxylic acids is 1. The molecule has 8 heteroatoms. The SMILES string of the molecule is CC(N)=C(C=Nc1cc(Cc2cc(F)cc(C(F)F)c2)ccn1)C(N)=O. The fourth-order valence-electron chi connectivity index (χ4n) is 2.27. The van der Waals surface area contributed by atoms with Crippen molar-refractivity contribution in [3.05, 3.63) is 70.3 Å². The summed E-state index contributed by atoms with van der Waals surface area (Å²) in [5, 5.41) is 0. The lowest BCUT2D eigenvalue weighted by atomic mass is 10.0. The van der Waals surface area contributed by atoms with Crippen molar-refractivity contribution in [1.82, 2.24) is 4.98 Å². The molecule has 4 N–H and O–H groups in total. The van der Waals surface area contributed by atoms with Crippen LogP contribution in [0.15, 0.2) is 52.8 Å². The highest BCUT2D eigenvalue weighted by Crippen LogP contribution is 2.23. The van der Waals surface area contributed by atoms with Crippen molar-refractivity contribution in [3.8, 4) is 0 Å². The molecule has 136 valence electrons. The van der Waals surface area contributed by atoms with Gasteiger partial charge in [-0.3, -0.25) is 4.79 Å². The molecule has 2 aromatic rings. The predicted molar refractivity (Wildman–Crippen MR) is 92.6 cm³/mol. The second-order valence-corrected chi connectivity index (χ2v) is 5.61. The topological polar surface area (TPSA) is 94.4 Å². The monoisotopic (exact) mass is 362 g/mol. The molecule has 5 nitrogen and oxygen atoms in total. The normalized spacial score (nSPS) is 12.5. The Morgan fingerprint density at radius 3 is 2.58 bits per heavy atom. The minimum absolute atomic E-state index is 0.0592. The highest BCUT2D eigenvalue weighted by Gasteiger charge is 2.11. The first-order valence-corrected chi connectivity index (χ1v) is 7.59. The van der Waals surface area contributed by atoms with Crippen LogP contribution in [0.25, 0.3) is 0 Å². The number of amides is 1. The van der Waals surface area contributed by atoms with Crippen LogP contribution in [0.4, 0.5) is 19.0 Å². The van der Waals surface area contributed by atoms with Crippen molar-refractivity contribution >= 4 is 17.9 Å². The maximum atomic E-state index is 13.5. The van der Waals surface area contributed by atoms with E-state index in [1.54, 1.807) is 12.1 Å². The van der Waals surface area contributed by atoms with E-state index >= 15 is 0 Å². The zero-order valence-electron chi connectivity index (χ0n) is 13.9. The molecule has 0 atom stereocenters. The fourth-order valence-corrected chi connectivity index (χ4v) is 2.27. The van der Waals surface area contributed by atoms with Crippen LogP contribution in [-0.4, -0.2) is 17.1 Å². The molecule has 0 saturated carbocycles. The molecule has 0 spiro atoms. The summed E-state index contributed by atoms with van der Waals surface area (Å²) in [5.41, 5.74) is 11.8. The van der Waals surface area contributed by atoms with Crippen LogP contribution >= 0.6 is 0 Å². The lowest BCUT2D eigenvalue weighted by Crippen LogP contribution is -2.18. The van der Waals surface area contributed by atoms with E-state index in [9.17, 15) is 18.0 Å². The Labute approximate surface area is 148 Å². The van der Waals surface area contributed by atoms with E-state index in [1.807, 2.05) is 0 Å². The smallest absolute Gasteiger partial charge is 0.263 e. The van der Waals surface area contributed by atoms with Crippen molar-refractivity contribution in [3.63, 3.8) is 0 Å². The third-order valence-electron chi connectivity index (χ3n) is 3.47. The van der Waals surface area contributed by atoms with Gasteiger partial charge < -0.3 is 11.5 Å². The number of rotatable bonds is 6. The zero-order chi connectivity index (χ0) is 19.3. The summed E-state index contributed by atoms with van der Waals surface area (Å²) in [6.07, 6.45) is 0.149. The standard InChI is InChI=1S/C18H17F3N4O/c1-10(22)15(18(23)26)9-25-16-7-11(2-3-24-16)4-12-5-13(17(20)21)8-14(19)6-12/h2-3,5-9,17H,4,22H2,1H3,(H2,23,26). The molecule has 0 fully saturated rings. The Balaban J connectivity index is 2.25. The van der Waals surface area contributed by atoms with Crippen LogP contribution in [-0.2, 0) is 11.2 Å². The first-order valence-electron chi connectivity index (χ1n) is 7.59. The number of nitrogens with two attached hydrogens (primary N) is 2. The molecule has 2 rings (SSSR count). The second-order valence-electron chi connectivity index (χ2n) is 5.61. The van der Waals surface area contributed by atoms with Gasteiger partial charge in [0.2, 0.25) is 0 Å². The van der Waals surface area contributed by atoms with Gasteiger partial charge in [0, 0.05) is 23.7 Å². The lowest BCUT2D eigenvalue weighted by Gasteiger charge is -2.06. The van der Waals surface area contributed by atoms with Crippen LogP contribution < -0.4 is 11.5 Å². The lowest BCUT2D eigenvalue weighted by molar-refractivity contribution is -0.114. The molecule has 0 aliphatic carbocycles. The van der Waals surface area contributed by atoms with E-state index in [2.05, 4.69) is 9.98 Å². The van der Waals surface area contributed by atoms with Gasteiger partial charge in [-0.2, -0.15) is 0 Å². The third-order valence-corrected chi connectivity index (χ3v) is 3.47. The van der Waals surface area contributed by atoms with Crippen molar-refractivity contribution in [2.45, 2.75) is 19.8 Å². The van der Waals surface area contributed by atoms with Gasteiger partial charge in [-0.05, 0) is 54.8 Å². The number of allylic oxidation sites excluding steroid dienone is 1. The Morgan fingerprint density at radius 2 is 1.96 bits per heavy atom. The number of halogens is 3. The fraction of sp³-hybridized carbons (Fsp3) is 0.167. The van der Waals surface area contributed by atoms with Gasteiger partial charge in [0.05, 0.1) is 5.57 Å². The summed E-state index contributed by atoms with van der Waals surface area (Å²) in [5.74, 6) is -1.17. The Hall–Kier alpha value is -3.16. The number of pyridine rings is 1. The summed E-state index contributed by atoms with van der Waals surface area (Å²) < 4.78 is 39.1. The number of alkyl halides is 2. The molecule has 0 aliphatic rings. The predicted octanol–water partition coefficient (Wildman–Crippen LogP) is 3.17. The highest BCUT2D eigenvalue weighted by molar-refractivity contribution is 6.12. The molecule has 0 bridgehead atoms. The summed E-state index contributed by atoms with van der Waals surface area (Å²) in [6.45, 7) is 1.51. The van der Waals surface area contributed by atoms with E-state index in [1.165, 1.54) is 31.5 Å². The first kappa shape index (κ1) is 19.2. The summed E-state index contributed by atoms with van der Waals surface area (Å²) in [7, 11) is 0. The molecule has 1 heterocycles. The van der Waals surface area contributed by atoms with E-state index in [0.717, 1.165) is 6.07 Å². The number of aliphatic imine (C=N–C) groups is 1. The van der Waals surface area contributed by atoms with Crippen LogP contribution in [0.2, 0.25) is 0 Å². The van der Waals surface area contributed by atoms with E-state index < -0.39 is 18.1 Å². The largest absolute Gasteiger partial charge is 0.402 e. The molecule has 26 heavy (non-hydrogen) atoms. The molecule has 1 amide bonds. The first-order chi connectivity index (χ1) is 12.3. The molecule has 1 aromatic carbocycles. The van der Waals surface area contributed by atoms with Crippen LogP contribution in [0.3, 0.4) is 0 Å². The molecular formula is C18H17F3N4O. The van der Waals surface area contributed by atoms with Crippen LogP contribution in [0.1, 0.15) is 30.0 Å². The number of hydrogen-bond donors (Lipinski definition) is 2. The number of nitrogens with zero attached hydrogens (tertiary/aromatic N) is 2. The Morgan fingerprint density at radius 1 is 1.23 bits per heavy atom. The number of primary amides is 1. The zero-order valence-corrected chi connectivity index (χ0v) is 13.9. The number of hydrogen-bond acceptors (Lipinski definition) is 4. The summed E-state index contributed by atoms with van der Waals surface area (Å²) in [4.78, 5) is 19.3. The molecule has 0 unspecified atom stereocenters. The van der Waals surface area contributed by atoms with Gasteiger partial charge in [0.25, 0.3) is 12.3 Å². The van der Waals surface area contributed by atoms with Gasteiger partial charge in [-0.25, -0.2) is 23.1 Å². The highest BCUT2D eigenvalue weighted by atomic mass is 19.3. The van der Waals surface area contributed by atoms with E-state index in [0.29, 0.717) is 11.1 Å². The van der Waals surface area contributed by atoms with Gasteiger partial charge in [-0.15, -0.1) is 0 Å². The van der Waals surface area contributed by atoms with Crippen LogP contribution in [0.5, 0.6) is 0 Å². The summed E-state index contributed by atoms with van der Waals surface area (Å²) >= 11 is 0. The maximum Gasteiger partial charge on any atom is 0.263 e. The molecule has 0 saturated heterocycles. The van der Waals surface area contributed by atoms with Crippen LogP contribution in [0, 0.1) is 5.82 Å². The molecule has 0 aliphatic heterocycles. The maximum absolute atomic E-state index is 13.5. The quantitative estimate of drug-likeness (QED) is 0.610. The molecular weight excluding hydrogens is 345 g/mol. The van der Waals surface area contributed by atoms with Crippen molar-refractivity contribution in [2.24, 2.45) is 16.5 Å². The van der Waals surface area contributed by atoms with Crippen molar-refractivity contribution in [1.29, 1.82) is 0 Å². The average molecular weight is 362 g/mol. The van der Waals surface area contributed by atoms with Gasteiger partial charge >= 0.3 is 0 Å². The van der Waals surface area contributed by atoms with E-state index in [4.69, 9.17) is 11.5 Å². The number of benzene rings is 1. The number of aromatic nitrogens is 1. The molecule has 0 radical (unpaired) electrons. The average Bonchev–Trinajstić information content (AvgIpc) is 2.54. The third kappa shape index (κ3) is 5.17. The van der Waals surface area contributed by atoms with E-state index in [-0.39, 0.29) is 29.1 Å². The van der Waals surface area contributed by atoms with Crippen molar-refractivity contribution in [2.75, 3.05) is 0 Å². The minimum Gasteiger partial charge on any atom is -0.402 e. The van der Waals surface area contributed by atoms with Gasteiger partial charge in [0.15, 0.2) is 5.82 Å². The van der Waals surface area contributed by atoms with Gasteiger partial charge in [0.1, 0.15) is 5.82 Å². The Kier molecular flexibility index (Phi) is 6.11. The minimum atomic E-state index is -2.75. The molecule has 1 aromatic heterocycles. The number of carbonyl (C=O) groups is 1. The Bertz CT molecular complexity index is 874. The van der Waals surface area contributed by atoms with Gasteiger partial charge in [-0.1, -0.05) is 0 Å². The second kappa shape index (κ2) is 8.28.